The molecule has 0 amide bonds. The summed E-state index contributed by atoms with van der Waals surface area (Å²) in [6.45, 7) is -3.85. The molecule has 0 heterocycles. The quantitative estimate of drug-likeness (QED) is 0.344. The molecule has 0 radical (unpaired) electrons. The molecule has 0 spiro atoms. The van der Waals surface area contributed by atoms with E-state index in [2.05, 4.69) is 10.6 Å². The number of hydrogen-bond donors (Lipinski definition) is 1. The fourth-order valence-electron chi connectivity index (χ4n) is 1.44. The summed E-state index contributed by atoms with van der Waals surface area (Å²) in [4.78, 5) is -1.10. The first kappa shape index (κ1) is 21.4. The molecule has 0 aliphatic carbocycles. The van der Waals surface area contributed by atoms with Crippen LogP contribution < -0.4 is 10.6 Å². The van der Waals surface area contributed by atoms with Crippen LogP contribution in [0.1, 0.15) is 6.92 Å². The van der Waals surface area contributed by atoms with E-state index < -0.39 is 56.5 Å². The van der Waals surface area contributed by atoms with Crippen molar-refractivity contribution in [3.05, 3.63) is 24.3 Å². The van der Waals surface area contributed by atoms with E-state index in [0.717, 1.165) is 0 Å². The number of hydrogen-bond acceptors (Lipinski definition) is 4. The monoisotopic (exact) mass is 402 g/mol. The Labute approximate surface area is 136 Å². The molecular formula is C11H10F8N2O3S. The highest BCUT2D eigenvalue weighted by Gasteiger charge is 2.72. The van der Waals surface area contributed by atoms with Crippen molar-refractivity contribution in [3.63, 3.8) is 0 Å². The van der Waals surface area contributed by atoms with Crippen molar-refractivity contribution in [2.75, 3.05) is 0 Å². The van der Waals surface area contributed by atoms with Gasteiger partial charge in [-0.1, -0.05) is 4.41 Å². The summed E-state index contributed by atoms with van der Waals surface area (Å²) in [5.74, 6) is 4.01. The Hall–Kier alpha value is -1.67. The first-order valence-electron chi connectivity index (χ1n) is 6.03. The van der Waals surface area contributed by atoms with Crippen LogP contribution in [0.2, 0.25) is 0 Å². The Morgan fingerprint density at radius 1 is 1.04 bits per heavy atom. The van der Waals surface area contributed by atoms with Crippen LogP contribution in [0.5, 0.6) is 5.75 Å². The second kappa shape index (κ2) is 6.57. The van der Waals surface area contributed by atoms with Crippen LogP contribution in [0.15, 0.2) is 29.2 Å². The lowest BCUT2D eigenvalue weighted by molar-refractivity contribution is -0.322. The van der Waals surface area contributed by atoms with Crippen LogP contribution in [0.3, 0.4) is 0 Å². The average molecular weight is 402 g/mol. The Bertz CT molecular complexity index is 703. The molecule has 2 N–H and O–H groups in total. The Balaban J connectivity index is 3.25. The number of rotatable bonds is 6. The Kier molecular flexibility index (Phi) is 5.61. The number of nitrogens with two attached hydrogens (primary N) is 1. The SMILES string of the molecule is CC(F)(C(F)(F)F)C(F)(F)N(N)S(=O)(=O)c1ccc(OC(F)F)cc1. The number of benzene rings is 1. The molecule has 0 saturated carbocycles. The van der Waals surface area contributed by atoms with Crippen LogP contribution in [-0.4, -0.2) is 37.3 Å². The number of halogens is 8. The predicted molar refractivity (Wildman–Crippen MR) is 66.8 cm³/mol. The van der Waals surface area contributed by atoms with Crippen LogP contribution >= 0.6 is 0 Å². The van der Waals surface area contributed by atoms with Crippen molar-refractivity contribution in [1.82, 2.24) is 4.41 Å². The van der Waals surface area contributed by atoms with Gasteiger partial charge < -0.3 is 4.74 Å². The largest absolute Gasteiger partial charge is 0.435 e. The standard InChI is InChI=1S/C11H10F8N2O3S/c1-9(14,10(15,16)17)11(18,19)21(20)25(22,23)7-4-2-6(3-5-7)24-8(12)13/h2-5,8H,20H2,1H3. The number of ether oxygens (including phenoxy) is 1. The lowest BCUT2D eigenvalue weighted by Crippen LogP contribution is -2.65. The smallest absolute Gasteiger partial charge is 0.429 e. The highest BCUT2D eigenvalue weighted by Crippen LogP contribution is 2.47. The fraction of sp³-hybridized carbons (Fsp3) is 0.455. The zero-order valence-corrected chi connectivity index (χ0v) is 12.9. The van der Waals surface area contributed by atoms with Crippen molar-refractivity contribution < 1.29 is 48.3 Å². The molecule has 14 heteroatoms. The average Bonchev–Trinajstić information content (AvgIpc) is 2.44. The van der Waals surface area contributed by atoms with E-state index in [9.17, 15) is 43.5 Å². The summed E-state index contributed by atoms with van der Waals surface area (Å²) >= 11 is 0. The van der Waals surface area contributed by atoms with Crippen molar-refractivity contribution in [3.8, 4) is 5.75 Å². The van der Waals surface area contributed by atoms with E-state index in [4.69, 9.17) is 0 Å². The van der Waals surface area contributed by atoms with E-state index in [1.807, 2.05) is 0 Å². The third-order valence-corrected chi connectivity index (χ3v) is 4.59. The van der Waals surface area contributed by atoms with Gasteiger partial charge in [-0.3, -0.25) is 0 Å². The zero-order chi connectivity index (χ0) is 19.8. The topological polar surface area (TPSA) is 72.6 Å². The van der Waals surface area contributed by atoms with Gasteiger partial charge in [-0.05, 0) is 31.2 Å². The van der Waals surface area contributed by atoms with E-state index in [-0.39, 0.29) is 0 Å². The molecule has 0 saturated heterocycles. The summed E-state index contributed by atoms with van der Waals surface area (Å²) in [6.07, 6.45) is -6.14. The molecule has 1 aromatic carbocycles. The van der Waals surface area contributed by atoms with Gasteiger partial charge in [0, 0.05) is 0 Å². The van der Waals surface area contributed by atoms with E-state index in [1.165, 1.54) is 0 Å². The van der Waals surface area contributed by atoms with Gasteiger partial charge in [0.2, 0.25) is 0 Å². The van der Waals surface area contributed by atoms with Gasteiger partial charge in [0.05, 0.1) is 4.90 Å². The number of sulfonamides is 1. The molecule has 1 aromatic rings. The van der Waals surface area contributed by atoms with Gasteiger partial charge in [0.25, 0.3) is 15.7 Å². The number of hydrazine groups is 1. The van der Waals surface area contributed by atoms with Gasteiger partial charge in [-0.25, -0.2) is 18.7 Å². The van der Waals surface area contributed by atoms with E-state index >= 15 is 0 Å². The molecular weight excluding hydrogens is 392 g/mol. The zero-order valence-electron chi connectivity index (χ0n) is 12.1. The lowest BCUT2D eigenvalue weighted by atomic mass is 10.1. The third-order valence-electron chi connectivity index (χ3n) is 2.98. The van der Waals surface area contributed by atoms with Crippen molar-refractivity contribution >= 4 is 10.0 Å². The molecule has 25 heavy (non-hydrogen) atoms. The minimum Gasteiger partial charge on any atom is -0.435 e. The maximum atomic E-state index is 13.7. The van der Waals surface area contributed by atoms with Gasteiger partial charge in [-0.15, -0.1) is 0 Å². The van der Waals surface area contributed by atoms with Crippen molar-refractivity contribution in [2.24, 2.45) is 5.84 Å². The Morgan fingerprint density at radius 2 is 1.48 bits per heavy atom. The van der Waals surface area contributed by atoms with Crippen LogP contribution in [0.25, 0.3) is 0 Å². The molecule has 5 nitrogen and oxygen atoms in total. The van der Waals surface area contributed by atoms with Crippen LogP contribution in [-0.2, 0) is 10.0 Å². The maximum absolute atomic E-state index is 13.7. The molecule has 0 bridgehead atoms. The second-order valence-corrected chi connectivity index (χ2v) is 6.51. The molecule has 144 valence electrons. The number of alkyl halides is 8. The van der Waals surface area contributed by atoms with E-state index in [1.54, 1.807) is 0 Å². The van der Waals surface area contributed by atoms with Crippen LogP contribution in [0, 0.1) is 0 Å². The van der Waals surface area contributed by atoms with Gasteiger partial charge in [0.1, 0.15) is 5.75 Å². The second-order valence-electron chi connectivity index (χ2n) is 4.69. The van der Waals surface area contributed by atoms with Crippen molar-refractivity contribution in [2.45, 2.75) is 36.3 Å². The highest BCUT2D eigenvalue weighted by molar-refractivity contribution is 7.89. The molecule has 0 aliphatic heterocycles. The van der Waals surface area contributed by atoms with Crippen LogP contribution in [0.4, 0.5) is 35.1 Å². The van der Waals surface area contributed by atoms with E-state index in [0.29, 0.717) is 24.3 Å². The van der Waals surface area contributed by atoms with Gasteiger partial charge in [-0.2, -0.15) is 30.7 Å². The molecule has 0 fully saturated rings. The summed E-state index contributed by atoms with van der Waals surface area (Å²) < 4.78 is 128. The van der Waals surface area contributed by atoms with Gasteiger partial charge >= 0.3 is 18.8 Å². The highest BCUT2D eigenvalue weighted by atomic mass is 32.2. The Morgan fingerprint density at radius 3 is 1.84 bits per heavy atom. The normalized spacial score (nSPS) is 16.2. The molecule has 0 aliphatic rings. The predicted octanol–water partition coefficient (Wildman–Crippen LogP) is 3.04. The summed E-state index contributed by atoms with van der Waals surface area (Å²) in [5.41, 5.74) is -5.31. The number of nitrogens with zero attached hydrogens (tertiary/aromatic N) is 1. The summed E-state index contributed by atoms with van der Waals surface area (Å²) in [7, 11) is -5.51. The minimum atomic E-state index is -6.14. The molecule has 0 aromatic heterocycles. The first-order valence-corrected chi connectivity index (χ1v) is 7.47. The van der Waals surface area contributed by atoms with Gasteiger partial charge in [0.15, 0.2) is 0 Å². The summed E-state index contributed by atoms with van der Waals surface area (Å²) in [6, 6.07) is -3.55. The molecule has 1 unspecified atom stereocenters. The first-order chi connectivity index (χ1) is 11.0. The molecule has 1 atom stereocenters. The lowest BCUT2D eigenvalue weighted by Gasteiger charge is -2.36. The van der Waals surface area contributed by atoms with Crippen molar-refractivity contribution in [1.29, 1.82) is 0 Å². The maximum Gasteiger partial charge on any atom is 0.429 e. The summed E-state index contributed by atoms with van der Waals surface area (Å²) in [5, 5.41) is 0. The minimum absolute atomic E-state index is 0.464. The molecule has 1 rings (SSSR count). The fourth-order valence-corrected chi connectivity index (χ4v) is 2.62. The third kappa shape index (κ3) is 3.95.